The molecule has 0 unspecified atom stereocenters. The first kappa shape index (κ1) is 26.8. The lowest BCUT2D eigenvalue weighted by atomic mass is 10.1. The highest BCUT2D eigenvalue weighted by Crippen LogP contribution is 2.28. The summed E-state index contributed by atoms with van der Waals surface area (Å²) in [7, 11) is 0. The second kappa shape index (κ2) is 11.6. The fourth-order valence-corrected chi connectivity index (χ4v) is 7.27. The number of fused-ring (bicyclic) bond motifs is 16. The number of rotatable bonds is 0. The molecule has 0 amide bonds. The molecule has 7 aromatic rings. The molecule has 0 aromatic heterocycles. The minimum absolute atomic E-state index is 0.995. The van der Waals surface area contributed by atoms with Crippen molar-refractivity contribution in [3.05, 3.63) is 165 Å². The van der Waals surface area contributed by atoms with Gasteiger partial charge < -0.3 is 0 Å². The van der Waals surface area contributed by atoms with Crippen LogP contribution < -0.4 is 0 Å². The smallest absolute Gasteiger partial charge is 0.0287 e. The molecular formula is C40H22I2. The normalized spacial score (nSPS) is 10.7. The second-order valence-corrected chi connectivity index (χ2v) is 12.3. The average molecular weight is 756 g/mol. The predicted molar refractivity (Wildman–Crippen MR) is 196 cm³/mol. The van der Waals surface area contributed by atoms with Gasteiger partial charge in [0.2, 0.25) is 0 Å². The lowest BCUT2D eigenvalue weighted by Crippen LogP contribution is -1.79. The van der Waals surface area contributed by atoms with Crippen molar-refractivity contribution >= 4 is 110 Å². The minimum atomic E-state index is 0.995. The lowest BCUT2D eigenvalue weighted by molar-refractivity contribution is 1.76. The summed E-state index contributed by atoms with van der Waals surface area (Å²) < 4.78 is 2.42. The van der Waals surface area contributed by atoms with Crippen molar-refractivity contribution in [2.45, 2.75) is 0 Å². The Morgan fingerprint density at radius 3 is 0.810 bits per heavy atom. The molecule has 0 saturated carbocycles. The summed E-state index contributed by atoms with van der Waals surface area (Å²) >= 11 is 4.95. The molecule has 2 heteroatoms. The van der Waals surface area contributed by atoms with Gasteiger partial charge >= 0.3 is 0 Å². The van der Waals surface area contributed by atoms with E-state index in [0.717, 1.165) is 43.1 Å². The predicted octanol–water partition coefficient (Wildman–Crippen LogP) is 11.8. The first-order valence-corrected chi connectivity index (χ1v) is 15.8. The van der Waals surface area contributed by atoms with Gasteiger partial charge in [0, 0.05) is 28.7 Å². The Balaban J connectivity index is 1.62. The largest absolute Gasteiger partial charge is 0.0616 e. The summed E-state index contributed by atoms with van der Waals surface area (Å²) in [6, 6.07) is 60.8. The van der Waals surface area contributed by atoms with E-state index < -0.39 is 0 Å². The lowest BCUT2D eigenvalue weighted by Gasteiger charge is -2.03. The zero-order valence-electron chi connectivity index (χ0n) is 22.5. The molecular weight excluding hydrogens is 734 g/mol. The highest BCUT2D eigenvalue weighted by Gasteiger charge is 2.03. The van der Waals surface area contributed by atoms with E-state index in [9.17, 15) is 0 Å². The number of benzene rings is 6. The van der Waals surface area contributed by atoms with Crippen LogP contribution in [0.3, 0.4) is 0 Å². The van der Waals surface area contributed by atoms with E-state index in [1.165, 1.54) is 28.7 Å². The molecule has 0 spiro atoms. The summed E-state index contributed by atoms with van der Waals surface area (Å²) in [5.74, 6) is 0. The monoisotopic (exact) mass is 756 g/mol. The van der Waals surface area contributed by atoms with E-state index in [1.807, 2.05) is 0 Å². The van der Waals surface area contributed by atoms with Gasteiger partial charge in [0.1, 0.15) is 0 Å². The number of hydrogen-bond donors (Lipinski definition) is 0. The Hall–Kier alpha value is -4.10. The van der Waals surface area contributed by atoms with Gasteiger partial charge in [0.05, 0.1) is 0 Å². The van der Waals surface area contributed by atoms with Crippen LogP contribution in [0, 0.1) is 31.4 Å². The summed E-state index contributed by atoms with van der Waals surface area (Å²) in [5, 5.41) is 13.4. The van der Waals surface area contributed by atoms with Gasteiger partial charge in [0.25, 0.3) is 0 Å². The van der Waals surface area contributed by atoms with Gasteiger partial charge in [-0.05, 0) is 137 Å². The second-order valence-electron chi connectivity index (χ2n) is 10.2. The summed E-state index contributed by atoms with van der Waals surface area (Å²) in [4.78, 5) is 0. The van der Waals surface area contributed by atoms with Gasteiger partial charge in [-0.1, -0.05) is 109 Å². The molecule has 7 aromatic carbocycles. The van der Waals surface area contributed by atoms with Crippen LogP contribution in [0.4, 0.5) is 0 Å². The fraction of sp³-hybridized carbons (Fsp3) is 0. The van der Waals surface area contributed by atoms with Crippen molar-refractivity contribution in [1.82, 2.24) is 0 Å². The molecule has 0 fully saturated rings. The standard InChI is InChI=1S/C40H22I2/c41-39-35-15-5-16-36(39)32-12-3-9-29(25-32)21-22-30-10-4-14-34(26-30)38-18-6-17-37(40(38)42)33-13-2-8-28(24-33)20-19-27-7-1-11-31(35)23-27/h1-18,23-26H. The van der Waals surface area contributed by atoms with Crippen LogP contribution in [0.2, 0.25) is 0 Å². The Morgan fingerprint density at radius 1 is 0.310 bits per heavy atom. The zero-order chi connectivity index (χ0) is 28.5. The SMILES string of the molecule is Ic1c2cccc1c1cccc(c#cc3cccc(c3)c3cccc(c3I)c3cccc(c#cc4cccc2c4)c3)c1. The molecule has 0 saturated heterocycles. The van der Waals surface area contributed by atoms with Crippen LogP contribution in [0.5, 0.6) is 0 Å². The first-order valence-electron chi connectivity index (χ1n) is 13.7. The van der Waals surface area contributed by atoms with E-state index in [2.05, 4.69) is 203 Å². The van der Waals surface area contributed by atoms with Crippen LogP contribution in [0.15, 0.2) is 133 Å². The van der Waals surface area contributed by atoms with Crippen molar-refractivity contribution < 1.29 is 0 Å². The van der Waals surface area contributed by atoms with Crippen LogP contribution in [-0.4, -0.2) is 0 Å². The quantitative estimate of drug-likeness (QED) is 0.135. The van der Waals surface area contributed by atoms with Crippen LogP contribution in [0.25, 0.3) is 64.6 Å². The first-order chi connectivity index (χ1) is 20.6. The Labute approximate surface area is 272 Å². The van der Waals surface area contributed by atoms with Crippen molar-refractivity contribution in [3.8, 4) is 0 Å². The average Bonchev–Trinajstić information content (AvgIpc) is 3.03. The molecule has 0 aliphatic carbocycles. The molecule has 0 radical (unpaired) electrons. The van der Waals surface area contributed by atoms with Crippen LogP contribution in [-0.2, 0) is 0 Å². The van der Waals surface area contributed by atoms with Gasteiger partial charge in [-0.15, -0.1) is 0 Å². The minimum Gasteiger partial charge on any atom is -0.0616 e. The maximum absolute atomic E-state index is 3.42. The summed E-state index contributed by atoms with van der Waals surface area (Å²) in [5.41, 5.74) is 0. The molecule has 0 N–H and O–H groups in total. The number of halogens is 2. The Bertz CT molecular complexity index is 2010. The zero-order valence-corrected chi connectivity index (χ0v) is 26.8. The van der Waals surface area contributed by atoms with E-state index >= 15 is 0 Å². The fourth-order valence-electron chi connectivity index (χ4n) is 5.30. The summed E-state index contributed by atoms with van der Waals surface area (Å²) in [6.45, 7) is 0. The molecule has 42 heavy (non-hydrogen) atoms. The Kier molecular flexibility index (Phi) is 7.43. The molecule has 0 heterocycles. The van der Waals surface area contributed by atoms with Gasteiger partial charge in [-0.3, -0.25) is 0 Å². The van der Waals surface area contributed by atoms with E-state index in [-0.39, 0.29) is 0 Å². The van der Waals surface area contributed by atoms with Gasteiger partial charge in [-0.25, -0.2) is 0 Å². The van der Waals surface area contributed by atoms with Gasteiger partial charge in [0.15, 0.2) is 0 Å². The van der Waals surface area contributed by atoms with Crippen LogP contribution in [0.1, 0.15) is 0 Å². The van der Waals surface area contributed by atoms with E-state index in [1.54, 1.807) is 0 Å². The summed E-state index contributed by atoms with van der Waals surface area (Å²) in [6.07, 6.45) is 0. The third-order valence-corrected chi connectivity index (χ3v) is 9.72. The van der Waals surface area contributed by atoms with Gasteiger partial charge in [-0.2, -0.15) is 0 Å². The van der Waals surface area contributed by atoms with E-state index in [4.69, 9.17) is 0 Å². The maximum Gasteiger partial charge on any atom is 0.0287 e. The maximum atomic E-state index is 3.42. The molecule has 0 aliphatic heterocycles. The Morgan fingerprint density at radius 2 is 0.548 bits per heavy atom. The molecule has 7 rings (SSSR count). The highest BCUT2D eigenvalue weighted by molar-refractivity contribution is 14.1. The van der Waals surface area contributed by atoms with E-state index in [0.29, 0.717) is 0 Å². The molecule has 0 nitrogen and oxygen atoms in total. The van der Waals surface area contributed by atoms with Crippen molar-refractivity contribution in [2.75, 3.05) is 0 Å². The number of hydrogen-bond acceptors (Lipinski definition) is 0. The molecule has 0 atom stereocenters. The van der Waals surface area contributed by atoms with Crippen LogP contribution >= 0.6 is 45.2 Å². The third-order valence-electron chi connectivity index (χ3n) is 7.39. The highest BCUT2D eigenvalue weighted by atomic mass is 127. The van der Waals surface area contributed by atoms with Crippen molar-refractivity contribution in [1.29, 1.82) is 0 Å². The molecule has 196 valence electrons. The molecule has 12 bridgehead atoms. The van der Waals surface area contributed by atoms with Crippen molar-refractivity contribution in [2.24, 2.45) is 0 Å². The molecule has 0 aliphatic rings. The third kappa shape index (κ3) is 5.41. The topological polar surface area (TPSA) is 0 Å². The van der Waals surface area contributed by atoms with Crippen molar-refractivity contribution in [3.63, 3.8) is 0 Å².